The average Bonchev–Trinajstić information content (AvgIpc) is 3.46. The maximum atomic E-state index is 12.0. The van der Waals surface area contributed by atoms with Crippen LogP contribution in [0.4, 0.5) is 0 Å². The van der Waals surface area contributed by atoms with Gasteiger partial charge in [-0.25, -0.2) is 14.3 Å². The predicted octanol–water partition coefficient (Wildman–Crippen LogP) is 4.63. The molecule has 0 unspecified atom stereocenters. The molecule has 33 heavy (non-hydrogen) atoms. The molecule has 0 radical (unpaired) electrons. The zero-order valence-electron chi connectivity index (χ0n) is 18.4. The van der Waals surface area contributed by atoms with Gasteiger partial charge >= 0.3 is 11.9 Å². The van der Waals surface area contributed by atoms with E-state index >= 15 is 0 Å². The molecule has 168 valence electrons. The molecule has 4 rings (SSSR count). The Bertz CT molecular complexity index is 1280. The summed E-state index contributed by atoms with van der Waals surface area (Å²) in [6.45, 7) is 4.22. The van der Waals surface area contributed by atoms with Crippen LogP contribution in [-0.4, -0.2) is 45.4 Å². The molecular formula is C24H22N4O4S. The van der Waals surface area contributed by atoms with E-state index in [4.69, 9.17) is 9.47 Å². The van der Waals surface area contributed by atoms with E-state index in [1.165, 1.54) is 0 Å². The summed E-state index contributed by atoms with van der Waals surface area (Å²) >= 11 is 1.58. The summed E-state index contributed by atoms with van der Waals surface area (Å²) in [7, 11) is 1.79. The first-order valence-electron chi connectivity index (χ1n) is 10.4. The van der Waals surface area contributed by atoms with Crippen LogP contribution in [0, 0.1) is 0 Å². The lowest BCUT2D eigenvalue weighted by Gasteiger charge is -2.05. The van der Waals surface area contributed by atoms with Crippen molar-refractivity contribution >= 4 is 23.3 Å². The van der Waals surface area contributed by atoms with E-state index < -0.39 is 0 Å². The summed E-state index contributed by atoms with van der Waals surface area (Å²) in [6, 6.07) is 16.6. The monoisotopic (exact) mass is 462 g/mol. The first kappa shape index (κ1) is 22.3. The van der Waals surface area contributed by atoms with E-state index in [0.717, 1.165) is 26.4 Å². The second-order valence-corrected chi connectivity index (χ2v) is 8.13. The summed E-state index contributed by atoms with van der Waals surface area (Å²) in [5, 5.41) is 11.9. The number of aromatic nitrogens is 4. The lowest BCUT2D eigenvalue weighted by molar-refractivity contribution is 0.0517. The Morgan fingerprint density at radius 3 is 1.91 bits per heavy atom. The molecule has 0 aliphatic rings. The summed E-state index contributed by atoms with van der Waals surface area (Å²) in [5.41, 5.74) is 3.76. The maximum absolute atomic E-state index is 12.0. The molecule has 2 aromatic heterocycles. The van der Waals surface area contributed by atoms with Crippen LogP contribution in [0.5, 0.6) is 0 Å². The summed E-state index contributed by atoms with van der Waals surface area (Å²) in [5.74, 6) is -0.0658. The van der Waals surface area contributed by atoms with E-state index in [9.17, 15) is 9.59 Å². The first-order chi connectivity index (χ1) is 16.0. The van der Waals surface area contributed by atoms with Crippen LogP contribution in [0.1, 0.15) is 34.6 Å². The topological polar surface area (TPSA) is 96.2 Å². The van der Waals surface area contributed by atoms with Crippen molar-refractivity contribution in [3.8, 4) is 32.3 Å². The van der Waals surface area contributed by atoms with Gasteiger partial charge in [-0.2, -0.15) is 0 Å². The normalized spacial score (nSPS) is 10.8. The van der Waals surface area contributed by atoms with E-state index in [1.807, 2.05) is 30.3 Å². The molecule has 0 bridgehead atoms. The lowest BCUT2D eigenvalue weighted by atomic mass is 10.1. The molecule has 0 saturated carbocycles. The Morgan fingerprint density at radius 2 is 1.42 bits per heavy atom. The van der Waals surface area contributed by atoms with Gasteiger partial charge in [0.2, 0.25) is 0 Å². The molecule has 0 fully saturated rings. The summed E-state index contributed by atoms with van der Waals surface area (Å²) < 4.78 is 11.8. The van der Waals surface area contributed by atoms with Gasteiger partial charge in [0, 0.05) is 22.4 Å². The second kappa shape index (κ2) is 9.74. The standard InChI is InChI=1S/C24H22N4O4S/c1-4-31-23(29)17-10-6-15(7-11-17)20-14-19(22-25-26-27-28(22)3)21(33-20)16-8-12-18(13-9-16)24(30)32-5-2/h6-14H,4-5H2,1-3H3. The largest absolute Gasteiger partial charge is 0.462 e. The number of nitrogens with zero attached hydrogens (tertiary/aromatic N) is 4. The van der Waals surface area contributed by atoms with E-state index in [1.54, 1.807) is 61.2 Å². The van der Waals surface area contributed by atoms with Crippen LogP contribution in [0.15, 0.2) is 54.6 Å². The van der Waals surface area contributed by atoms with Crippen molar-refractivity contribution in [1.82, 2.24) is 20.2 Å². The second-order valence-electron chi connectivity index (χ2n) is 7.08. The number of hydrogen-bond donors (Lipinski definition) is 0. The van der Waals surface area contributed by atoms with Crippen LogP contribution < -0.4 is 0 Å². The van der Waals surface area contributed by atoms with Crippen LogP contribution in [0.3, 0.4) is 0 Å². The fourth-order valence-electron chi connectivity index (χ4n) is 3.33. The average molecular weight is 463 g/mol. The molecule has 2 aromatic carbocycles. The Hall–Kier alpha value is -3.85. The first-order valence-corrected chi connectivity index (χ1v) is 11.2. The number of ether oxygens (including phenoxy) is 2. The van der Waals surface area contributed by atoms with Crippen LogP contribution in [-0.2, 0) is 16.5 Å². The number of benzene rings is 2. The minimum atomic E-state index is -0.352. The number of rotatable bonds is 7. The number of aryl methyl sites for hydroxylation is 1. The maximum Gasteiger partial charge on any atom is 0.338 e. The van der Waals surface area contributed by atoms with Gasteiger partial charge in [0.05, 0.1) is 24.3 Å². The van der Waals surface area contributed by atoms with Gasteiger partial charge in [0.1, 0.15) is 0 Å². The number of carbonyl (C=O) groups is 2. The van der Waals surface area contributed by atoms with Crippen molar-refractivity contribution in [2.45, 2.75) is 13.8 Å². The smallest absolute Gasteiger partial charge is 0.338 e. The van der Waals surface area contributed by atoms with Crippen molar-refractivity contribution in [3.05, 3.63) is 65.7 Å². The van der Waals surface area contributed by atoms with Crippen LogP contribution in [0.25, 0.3) is 32.3 Å². The van der Waals surface area contributed by atoms with Gasteiger partial charge in [-0.1, -0.05) is 24.3 Å². The van der Waals surface area contributed by atoms with Crippen molar-refractivity contribution in [2.75, 3.05) is 13.2 Å². The fourth-order valence-corrected chi connectivity index (χ4v) is 4.49. The van der Waals surface area contributed by atoms with Crippen LogP contribution in [0.2, 0.25) is 0 Å². The number of carbonyl (C=O) groups excluding carboxylic acids is 2. The number of thiophene rings is 1. The molecule has 9 heteroatoms. The van der Waals surface area contributed by atoms with Gasteiger partial charge in [0.15, 0.2) is 5.82 Å². The van der Waals surface area contributed by atoms with Gasteiger partial charge in [0.25, 0.3) is 0 Å². The van der Waals surface area contributed by atoms with E-state index in [-0.39, 0.29) is 11.9 Å². The molecule has 0 atom stereocenters. The Morgan fingerprint density at radius 1 is 0.879 bits per heavy atom. The number of tetrazole rings is 1. The minimum Gasteiger partial charge on any atom is -0.462 e. The Kier molecular flexibility index (Phi) is 6.60. The zero-order chi connectivity index (χ0) is 23.4. The molecule has 0 spiro atoms. The SMILES string of the molecule is CCOC(=O)c1ccc(-c2cc(-c3nnnn3C)c(-c3ccc(C(=O)OCC)cc3)s2)cc1. The van der Waals surface area contributed by atoms with E-state index in [2.05, 4.69) is 15.5 Å². The van der Waals surface area contributed by atoms with Crippen molar-refractivity contribution in [2.24, 2.45) is 7.05 Å². The van der Waals surface area contributed by atoms with E-state index in [0.29, 0.717) is 30.2 Å². The van der Waals surface area contributed by atoms with Gasteiger partial charge in [-0.05, 0) is 65.7 Å². The van der Waals surface area contributed by atoms with Crippen LogP contribution >= 0.6 is 11.3 Å². The third-order valence-electron chi connectivity index (χ3n) is 4.93. The molecule has 4 aromatic rings. The highest BCUT2D eigenvalue weighted by atomic mass is 32.1. The predicted molar refractivity (Wildman–Crippen MR) is 125 cm³/mol. The third-order valence-corrected chi connectivity index (χ3v) is 6.17. The van der Waals surface area contributed by atoms with Crippen molar-refractivity contribution < 1.29 is 19.1 Å². The summed E-state index contributed by atoms with van der Waals surface area (Å²) in [4.78, 5) is 25.9. The zero-order valence-corrected chi connectivity index (χ0v) is 19.3. The van der Waals surface area contributed by atoms with Gasteiger partial charge in [-0.3, -0.25) is 0 Å². The number of hydrogen-bond acceptors (Lipinski definition) is 8. The lowest BCUT2D eigenvalue weighted by Crippen LogP contribution is -2.04. The van der Waals surface area contributed by atoms with Gasteiger partial charge < -0.3 is 9.47 Å². The third kappa shape index (κ3) is 4.68. The quantitative estimate of drug-likeness (QED) is 0.370. The highest BCUT2D eigenvalue weighted by molar-refractivity contribution is 7.19. The number of esters is 2. The minimum absolute atomic E-state index is 0.327. The Balaban J connectivity index is 1.74. The molecular weight excluding hydrogens is 440 g/mol. The van der Waals surface area contributed by atoms with Gasteiger partial charge in [-0.15, -0.1) is 16.4 Å². The Labute approximate surface area is 194 Å². The molecule has 2 heterocycles. The highest BCUT2D eigenvalue weighted by Gasteiger charge is 2.19. The molecule has 0 saturated heterocycles. The summed E-state index contributed by atoms with van der Waals surface area (Å²) in [6.07, 6.45) is 0. The molecule has 0 aliphatic heterocycles. The van der Waals surface area contributed by atoms with Crippen molar-refractivity contribution in [3.63, 3.8) is 0 Å². The molecule has 0 N–H and O–H groups in total. The highest BCUT2D eigenvalue weighted by Crippen LogP contribution is 2.42. The molecule has 0 amide bonds. The fraction of sp³-hybridized carbons (Fsp3) is 0.208. The molecule has 0 aliphatic carbocycles. The molecule has 8 nitrogen and oxygen atoms in total. The van der Waals surface area contributed by atoms with Crippen molar-refractivity contribution in [1.29, 1.82) is 0 Å².